The van der Waals surface area contributed by atoms with Gasteiger partial charge in [0.2, 0.25) is 5.91 Å². The molecular weight excluding hydrogens is 311 g/mol. The zero-order valence-electron chi connectivity index (χ0n) is 12.2. The quantitative estimate of drug-likeness (QED) is 0.833. The lowest BCUT2D eigenvalue weighted by atomic mass is 10.2. The van der Waals surface area contributed by atoms with Crippen LogP contribution in [0.2, 0.25) is 10.0 Å². The molecule has 7 heteroatoms. The van der Waals surface area contributed by atoms with Gasteiger partial charge in [-0.05, 0) is 26.1 Å². The fraction of sp³-hybridized carbons (Fsp3) is 0.500. The van der Waals surface area contributed by atoms with E-state index in [0.29, 0.717) is 21.4 Å². The number of nitrogens with zero attached hydrogens (tertiary/aromatic N) is 2. The summed E-state index contributed by atoms with van der Waals surface area (Å²) >= 11 is 12.0. The topological polar surface area (TPSA) is 61.6 Å². The highest BCUT2D eigenvalue weighted by Crippen LogP contribution is 2.32. The molecule has 1 aliphatic rings. The second-order valence-corrected chi connectivity index (χ2v) is 6.20. The van der Waals surface area contributed by atoms with E-state index < -0.39 is 0 Å². The van der Waals surface area contributed by atoms with Crippen LogP contribution in [0.4, 0.5) is 11.4 Å². The Morgan fingerprint density at radius 2 is 1.90 bits per heavy atom. The van der Waals surface area contributed by atoms with Crippen molar-refractivity contribution in [3.05, 3.63) is 22.2 Å². The smallest absolute Gasteiger partial charge is 0.241 e. The van der Waals surface area contributed by atoms with Crippen LogP contribution in [0.1, 0.15) is 6.92 Å². The zero-order chi connectivity index (χ0) is 15.6. The highest BCUT2D eigenvalue weighted by atomic mass is 35.5. The number of anilines is 2. The molecule has 1 aromatic carbocycles. The number of carbonyl (C=O) groups excluding carboxylic acids is 1. The Morgan fingerprint density at radius 1 is 1.29 bits per heavy atom. The Bertz CT molecular complexity index is 507. The fourth-order valence-corrected chi connectivity index (χ4v) is 2.88. The summed E-state index contributed by atoms with van der Waals surface area (Å²) < 4.78 is 0. The van der Waals surface area contributed by atoms with Gasteiger partial charge >= 0.3 is 0 Å². The number of rotatable bonds is 3. The average molecular weight is 331 g/mol. The maximum absolute atomic E-state index is 12.4. The molecule has 2 rings (SSSR count). The number of amides is 1. The van der Waals surface area contributed by atoms with Gasteiger partial charge in [-0.2, -0.15) is 0 Å². The number of nitrogens with one attached hydrogen (secondary N) is 1. The molecule has 1 fully saturated rings. The van der Waals surface area contributed by atoms with Crippen LogP contribution in [-0.4, -0.2) is 55.0 Å². The standard InChI is InChI=1S/C14H20Cl2N4O/c1-9(20-5-3-19(2)4-6-20)14(21)18-13-11(16)7-10(15)8-12(13)17/h7-9H,3-6,17H2,1-2H3,(H,18,21). The van der Waals surface area contributed by atoms with Gasteiger partial charge in [-0.1, -0.05) is 23.2 Å². The molecule has 21 heavy (non-hydrogen) atoms. The minimum Gasteiger partial charge on any atom is -0.397 e. The van der Waals surface area contributed by atoms with Crippen molar-refractivity contribution in [1.82, 2.24) is 9.80 Å². The third kappa shape index (κ3) is 4.01. The van der Waals surface area contributed by atoms with Crippen molar-refractivity contribution in [1.29, 1.82) is 0 Å². The van der Waals surface area contributed by atoms with Gasteiger partial charge in [0.05, 0.1) is 22.4 Å². The molecule has 1 unspecified atom stereocenters. The lowest BCUT2D eigenvalue weighted by Gasteiger charge is -2.35. The number of piperazine rings is 1. The summed E-state index contributed by atoms with van der Waals surface area (Å²) in [4.78, 5) is 16.8. The Kier molecular flexibility index (Phi) is 5.32. The number of nitrogen functional groups attached to an aromatic ring is 1. The molecule has 0 saturated carbocycles. The van der Waals surface area contributed by atoms with Crippen LogP contribution in [0, 0.1) is 0 Å². The Labute approximate surface area is 135 Å². The highest BCUT2D eigenvalue weighted by molar-refractivity contribution is 6.37. The van der Waals surface area contributed by atoms with Gasteiger partial charge in [-0.25, -0.2) is 0 Å². The molecule has 0 spiro atoms. The summed E-state index contributed by atoms with van der Waals surface area (Å²) in [5, 5.41) is 3.60. The van der Waals surface area contributed by atoms with E-state index in [1.54, 1.807) is 12.1 Å². The third-order valence-corrected chi connectivity index (χ3v) is 4.32. The summed E-state index contributed by atoms with van der Waals surface area (Å²) in [7, 11) is 2.08. The van der Waals surface area contributed by atoms with Gasteiger partial charge in [0.15, 0.2) is 0 Å². The van der Waals surface area contributed by atoms with Crippen LogP contribution in [0.25, 0.3) is 0 Å². The van der Waals surface area contributed by atoms with Crippen LogP contribution in [0.5, 0.6) is 0 Å². The highest BCUT2D eigenvalue weighted by Gasteiger charge is 2.25. The number of carbonyl (C=O) groups is 1. The van der Waals surface area contributed by atoms with Gasteiger partial charge in [0, 0.05) is 31.2 Å². The normalized spacial score (nSPS) is 18.5. The van der Waals surface area contributed by atoms with E-state index in [9.17, 15) is 4.79 Å². The summed E-state index contributed by atoms with van der Waals surface area (Å²) in [6, 6.07) is 2.91. The monoisotopic (exact) mass is 330 g/mol. The van der Waals surface area contributed by atoms with Crippen molar-refractivity contribution in [3.8, 4) is 0 Å². The molecule has 5 nitrogen and oxygen atoms in total. The molecule has 1 saturated heterocycles. The van der Waals surface area contributed by atoms with Crippen molar-refractivity contribution in [2.24, 2.45) is 0 Å². The second-order valence-electron chi connectivity index (χ2n) is 5.36. The van der Waals surface area contributed by atoms with Crippen molar-refractivity contribution in [2.45, 2.75) is 13.0 Å². The molecule has 1 aromatic rings. The van der Waals surface area contributed by atoms with Crippen LogP contribution in [-0.2, 0) is 4.79 Å². The van der Waals surface area contributed by atoms with E-state index in [-0.39, 0.29) is 11.9 Å². The minimum absolute atomic E-state index is 0.115. The lowest BCUT2D eigenvalue weighted by molar-refractivity contribution is -0.121. The van der Waals surface area contributed by atoms with E-state index in [4.69, 9.17) is 28.9 Å². The largest absolute Gasteiger partial charge is 0.397 e. The van der Waals surface area contributed by atoms with E-state index in [0.717, 1.165) is 26.2 Å². The first kappa shape index (κ1) is 16.4. The fourth-order valence-electron chi connectivity index (χ4n) is 2.33. The van der Waals surface area contributed by atoms with E-state index in [1.807, 2.05) is 6.92 Å². The minimum atomic E-state index is -0.232. The molecule has 1 atom stereocenters. The molecule has 0 aromatic heterocycles. The maximum atomic E-state index is 12.4. The van der Waals surface area contributed by atoms with Gasteiger partial charge < -0.3 is 16.0 Å². The molecule has 0 aliphatic carbocycles. The predicted octanol–water partition coefficient (Wildman–Crippen LogP) is 2.15. The number of likely N-dealkylation sites (N-methyl/N-ethyl adjacent to an activating group) is 1. The maximum Gasteiger partial charge on any atom is 0.241 e. The number of halogens is 2. The Balaban J connectivity index is 2.04. The zero-order valence-corrected chi connectivity index (χ0v) is 13.7. The van der Waals surface area contributed by atoms with Gasteiger partial charge in [0.25, 0.3) is 0 Å². The SMILES string of the molecule is CC(C(=O)Nc1c(N)cc(Cl)cc1Cl)N1CCN(C)CC1. The second kappa shape index (κ2) is 6.83. The average Bonchev–Trinajstić information content (AvgIpc) is 2.42. The van der Waals surface area contributed by atoms with Gasteiger partial charge in [-0.3, -0.25) is 9.69 Å². The molecule has 1 heterocycles. The van der Waals surface area contributed by atoms with Crippen molar-refractivity contribution in [2.75, 3.05) is 44.3 Å². The molecule has 0 radical (unpaired) electrons. The molecule has 116 valence electrons. The summed E-state index contributed by atoms with van der Waals surface area (Å²) in [5.74, 6) is -0.115. The van der Waals surface area contributed by atoms with Gasteiger partial charge in [-0.15, -0.1) is 0 Å². The Hall–Kier alpha value is -1.01. The van der Waals surface area contributed by atoms with Crippen molar-refractivity contribution < 1.29 is 4.79 Å². The van der Waals surface area contributed by atoms with E-state index in [1.165, 1.54) is 0 Å². The first-order valence-corrected chi connectivity index (χ1v) is 7.62. The van der Waals surface area contributed by atoms with Crippen LogP contribution < -0.4 is 11.1 Å². The summed E-state index contributed by atoms with van der Waals surface area (Å²) in [5.41, 5.74) is 6.65. The first-order valence-electron chi connectivity index (χ1n) is 6.86. The molecule has 1 amide bonds. The first-order chi connectivity index (χ1) is 9.88. The summed E-state index contributed by atoms with van der Waals surface area (Å²) in [6.07, 6.45) is 0. The van der Waals surface area contributed by atoms with Gasteiger partial charge in [0.1, 0.15) is 0 Å². The molecular formula is C14H20Cl2N4O. The third-order valence-electron chi connectivity index (χ3n) is 3.80. The number of hydrogen-bond acceptors (Lipinski definition) is 4. The number of nitrogens with two attached hydrogens (primary N) is 1. The van der Waals surface area contributed by atoms with E-state index >= 15 is 0 Å². The van der Waals surface area contributed by atoms with Crippen molar-refractivity contribution >= 4 is 40.5 Å². The predicted molar refractivity (Wildman–Crippen MR) is 88.0 cm³/mol. The van der Waals surface area contributed by atoms with Crippen LogP contribution in [0.15, 0.2) is 12.1 Å². The van der Waals surface area contributed by atoms with Crippen LogP contribution >= 0.6 is 23.2 Å². The Morgan fingerprint density at radius 3 is 2.48 bits per heavy atom. The van der Waals surface area contributed by atoms with Crippen LogP contribution in [0.3, 0.4) is 0 Å². The number of benzene rings is 1. The molecule has 3 N–H and O–H groups in total. The van der Waals surface area contributed by atoms with Crippen molar-refractivity contribution in [3.63, 3.8) is 0 Å². The summed E-state index contributed by atoms with van der Waals surface area (Å²) in [6.45, 7) is 5.55. The van der Waals surface area contributed by atoms with E-state index in [2.05, 4.69) is 22.2 Å². The molecule has 0 bridgehead atoms. The molecule has 1 aliphatic heterocycles. The number of hydrogen-bond donors (Lipinski definition) is 2. The lowest BCUT2D eigenvalue weighted by Crippen LogP contribution is -2.51.